The van der Waals surface area contributed by atoms with Crippen molar-refractivity contribution < 1.29 is 20.1 Å². The molecule has 1 saturated heterocycles. The molecule has 1 aliphatic carbocycles. The predicted octanol–water partition coefficient (Wildman–Crippen LogP) is 0.155. The molecule has 0 amide bonds. The van der Waals surface area contributed by atoms with Gasteiger partial charge in [0, 0.05) is 6.04 Å². The van der Waals surface area contributed by atoms with E-state index in [-0.39, 0.29) is 5.82 Å². The Hall–Kier alpha value is -2.01. The summed E-state index contributed by atoms with van der Waals surface area (Å²) in [5, 5.41) is 33.0. The molecule has 1 aliphatic heterocycles. The Kier molecular flexibility index (Phi) is 5.13. The van der Waals surface area contributed by atoms with Crippen LogP contribution in [0, 0.1) is 0 Å². The Bertz CT molecular complexity index is 791. The van der Waals surface area contributed by atoms with E-state index < -0.39 is 31.1 Å². The SMILES string of the molecule is Nc1nc(NC2CCCCCC2)nc2c1ncn2[C@@H]1O[C@H](CO)[C@@H](O)[C@H]1O. The Balaban J connectivity index is 1.64. The monoisotopic (exact) mass is 378 g/mol. The Morgan fingerprint density at radius 1 is 1.15 bits per heavy atom. The van der Waals surface area contributed by atoms with E-state index in [1.165, 1.54) is 36.6 Å². The molecule has 2 aliphatic rings. The molecule has 10 nitrogen and oxygen atoms in total. The number of aromatic nitrogens is 4. The molecule has 2 aromatic rings. The molecular formula is C17H26N6O4. The number of anilines is 2. The van der Waals surface area contributed by atoms with Gasteiger partial charge in [-0.3, -0.25) is 4.57 Å². The van der Waals surface area contributed by atoms with Gasteiger partial charge in [-0.25, -0.2) is 4.98 Å². The summed E-state index contributed by atoms with van der Waals surface area (Å²) in [6.45, 7) is -0.396. The van der Waals surface area contributed by atoms with Gasteiger partial charge in [-0.1, -0.05) is 25.7 Å². The van der Waals surface area contributed by atoms with Gasteiger partial charge in [0.05, 0.1) is 12.9 Å². The summed E-state index contributed by atoms with van der Waals surface area (Å²) in [5.41, 5.74) is 6.87. The van der Waals surface area contributed by atoms with Crippen LogP contribution in [0.2, 0.25) is 0 Å². The molecule has 10 heteroatoms. The zero-order chi connectivity index (χ0) is 19.0. The summed E-state index contributed by atoms with van der Waals surface area (Å²) in [6.07, 6.45) is 4.24. The fourth-order valence-electron chi connectivity index (χ4n) is 3.91. The number of ether oxygens (including phenoxy) is 1. The molecule has 2 fully saturated rings. The molecule has 3 heterocycles. The van der Waals surface area contributed by atoms with Crippen LogP contribution in [-0.2, 0) is 4.74 Å². The molecular weight excluding hydrogens is 352 g/mol. The number of rotatable bonds is 4. The molecule has 27 heavy (non-hydrogen) atoms. The zero-order valence-corrected chi connectivity index (χ0v) is 15.0. The summed E-state index contributed by atoms with van der Waals surface area (Å²) >= 11 is 0. The number of nitrogen functional groups attached to an aromatic ring is 1. The van der Waals surface area contributed by atoms with E-state index in [1.54, 1.807) is 0 Å². The van der Waals surface area contributed by atoms with Crippen molar-refractivity contribution in [1.82, 2.24) is 19.5 Å². The molecule has 0 radical (unpaired) electrons. The molecule has 1 saturated carbocycles. The van der Waals surface area contributed by atoms with Gasteiger partial charge in [-0.15, -0.1) is 0 Å². The van der Waals surface area contributed by atoms with Crippen molar-refractivity contribution in [2.24, 2.45) is 0 Å². The van der Waals surface area contributed by atoms with Gasteiger partial charge in [0.15, 0.2) is 17.7 Å². The summed E-state index contributed by atoms with van der Waals surface area (Å²) in [6, 6.07) is 0.301. The van der Waals surface area contributed by atoms with E-state index >= 15 is 0 Å². The largest absolute Gasteiger partial charge is 0.394 e. The van der Waals surface area contributed by atoms with Crippen molar-refractivity contribution in [3.8, 4) is 0 Å². The zero-order valence-electron chi connectivity index (χ0n) is 15.0. The third-order valence-corrected chi connectivity index (χ3v) is 5.43. The smallest absolute Gasteiger partial charge is 0.226 e. The number of nitrogens with one attached hydrogen (secondary N) is 1. The first-order valence-corrected chi connectivity index (χ1v) is 9.47. The average molecular weight is 378 g/mol. The summed E-state index contributed by atoms with van der Waals surface area (Å²) in [7, 11) is 0. The fourth-order valence-corrected chi connectivity index (χ4v) is 3.91. The third kappa shape index (κ3) is 3.45. The lowest BCUT2D eigenvalue weighted by molar-refractivity contribution is -0.0511. The fraction of sp³-hybridized carbons (Fsp3) is 0.706. The quantitative estimate of drug-likeness (QED) is 0.468. The second-order valence-corrected chi connectivity index (χ2v) is 7.32. The predicted molar refractivity (Wildman–Crippen MR) is 97.9 cm³/mol. The van der Waals surface area contributed by atoms with Crippen LogP contribution >= 0.6 is 0 Å². The molecule has 0 bridgehead atoms. The van der Waals surface area contributed by atoms with Crippen LogP contribution in [0.25, 0.3) is 11.2 Å². The summed E-state index contributed by atoms with van der Waals surface area (Å²) in [4.78, 5) is 13.1. The van der Waals surface area contributed by atoms with Gasteiger partial charge in [0.2, 0.25) is 5.95 Å². The van der Waals surface area contributed by atoms with Crippen LogP contribution in [0.5, 0.6) is 0 Å². The standard InChI is InChI=1S/C17H26N6O4/c18-14-11-15(22-17(21-14)20-9-5-3-1-2-4-6-9)23(8-19-11)16-13(26)12(25)10(7-24)27-16/h8-10,12-13,16,24-26H,1-7H2,(H3,18,20,21,22)/t10-,12-,13-,16-/m1/s1. The molecule has 0 spiro atoms. The first-order chi connectivity index (χ1) is 13.1. The van der Waals surface area contributed by atoms with Gasteiger partial charge in [0.1, 0.15) is 23.8 Å². The lowest BCUT2D eigenvalue weighted by atomic mass is 10.1. The van der Waals surface area contributed by atoms with Crippen molar-refractivity contribution in [2.45, 2.75) is 69.1 Å². The number of fused-ring (bicyclic) bond motifs is 1. The van der Waals surface area contributed by atoms with Crippen molar-refractivity contribution in [3.05, 3.63) is 6.33 Å². The molecule has 0 aromatic carbocycles. The number of hydrogen-bond acceptors (Lipinski definition) is 9. The summed E-state index contributed by atoms with van der Waals surface area (Å²) in [5.74, 6) is 0.655. The van der Waals surface area contributed by atoms with Crippen molar-refractivity contribution in [3.63, 3.8) is 0 Å². The van der Waals surface area contributed by atoms with E-state index in [2.05, 4.69) is 20.3 Å². The first-order valence-electron chi connectivity index (χ1n) is 9.47. The van der Waals surface area contributed by atoms with E-state index in [1.807, 2.05) is 0 Å². The van der Waals surface area contributed by atoms with Gasteiger partial charge in [0.25, 0.3) is 0 Å². The highest BCUT2D eigenvalue weighted by atomic mass is 16.6. The molecule has 148 valence electrons. The van der Waals surface area contributed by atoms with Gasteiger partial charge < -0.3 is 31.1 Å². The second kappa shape index (κ2) is 7.55. The number of aliphatic hydroxyl groups is 3. The van der Waals surface area contributed by atoms with E-state index in [0.717, 1.165) is 12.8 Å². The Morgan fingerprint density at radius 3 is 2.56 bits per heavy atom. The Morgan fingerprint density at radius 2 is 1.89 bits per heavy atom. The van der Waals surface area contributed by atoms with E-state index in [9.17, 15) is 15.3 Å². The van der Waals surface area contributed by atoms with Gasteiger partial charge in [-0.05, 0) is 12.8 Å². The van der Waals surface area contributed by atoms with Crippen molar-refractivity contribution in [1.29, 1.82) is 0 Å². The van der Waals surface area contributed by atoms with Gasteiger partial charge in [-0.2, -0.15) is 9.97 Å². The first kappa shape index (κ1) is 18.4. The third-order valence-electron chi connectivity index (χ3n) is 5.43. The van der Waals surface area contributed by atoms with Crippen molar-refractivity contribution in [2.75, 3.05) is 17.7 Å². The maximum Gasteiger partial charge on any atom is 0.226 e. The van der Waals surface area contributed by atoms with Gasteiger partial charge >= 0.3 is 0 Å². The maximum absolute atomic E-state index is 10.3. The molecule has 0 unspecified atom stereocenters. The highest BCUT2D eigenvalue weighted by molar-refractivity contribution is 5.83. The van der Waals surface area contributed by atoms with Crippen LogP contribution in [0.15, 0.2) is 6.33 Å². The topological polar surface area (TPSA) is 152 Å². The van der Waals surface area contributed by atoms with Crippen LogP contribution in [0.4, 0.5) is 11.8 Å². The minimum absolute atomic E-state index is 0.238. The highest BCUT2D eigenvalue weighted by Gasteiger charge is 2.44. The highest BCUT2D eigenvalue weighted by Crippen LogP contribution is 2.32. The van der Waals surface area contributed by atoms with Crippen LogP contribution in [-0.4, -0.2) is 65.8 Å². The molecule has 4 atom stereocenters. The number of aliphatic hydroxyl groups excluding tert-OH is 3. The lowest BCUT2D eigenvalue weighted by Gasteiger charge is -2.18. The maximum atomic E-state index is 10.3. The molecule has 4 rings (SSSR count). The number of hydrogen-bond donors (Lipinski definition) is 5. The van der Waals surface area contributed by atoms with Crippen LogP contribution < -0.4 is 11.1 Å². The molecule has 2 aromatic heterocycles. The number of nitrogens with zero attached hydrogens (tertiary/aromatic N) is 4. The van der Waals surface area contributed by atoms with E-state index in [0.29, 0.717) is 23.2 Å². The molecule has 6 N–H and O–H groups in total. The van der Waals surface area contributed by atoms with E-state index in [4.69, 9.17) is 10.5 Å². The normalized spacial score (nSPS) is 29.9. The minimum Gasteiger partial charge on any atom is -0.394 e. The number of nitrogens with two attached hydrogens (primary N) is 1. The number of imidazole rings is 1. The minimum atomic E-state index is -1.21. The van der Waals surface area contributed by atoms with Crippen LogP contribution in [0.3, 0.4) is 0 Å². The van der Waals surface area contributed by atoms with Crippen molar-refractivity contribution >= 4 is 22.9 Å². The Labute approximate surface area is 156 Å². The lowest BCUT2D eigenvalue weighted by Crippen LogP contribution is -2.33. The summed E-state index contributed by atoms with van der Waals surface area (Å²) < 4.78 is 7.11. The second-order valence-electron chi connectivity index (χ2n) is 7.32. The average Bonchev–Trinajstić information content (AvgIpc) is 3.07. The van der Waals surface area contributed by atoms with Crippen LogP contribution in [0.1, 0.15) is 44.8 Å².